The summed E-state index contributed by atoms with van der Waals surface area (Å²) in [4.78, 5) is 17.4. The monoisotopic (exact) mass is 836 g/mol. The van der Waals surface area contributed by atoms with Crippen molar-refractivity contribution >= 4 is 59.1 Å². The molecule has 0 unspecified atom stereocenters. The molecule has 253 valence electrons. The number of thiophene rings is 1. The maximum Gasteiger partial charge on any atom is 0.162 e. The van der Waals surface area contributed by atoms with E-state index in [1.54, 1.807) is 11.3 Å². The van der Waals surface area contributed by atoms with Crippen LogP contribution in [0.3, 0.4) is 0 Å². The zero-order valence-corrected chi connectivity index (χ0v) is 32.2. The van der Waals surface area contributed by atoms with E-state index in [-0.39, 0.29) is 43.5 Å². The van der Waals surface area contributed by atoms with Crippen LogP contribution in [0.15, 0.2) is 84.8 Å². The number of aliphatic hydroxyl groups is 1. The Hall–Kier alpha value is -3.57. The number of pyridine rings is 2. The minimum absolute atomic E-state index is 0. The summed E-state index contributed by atoms with van der Waals surface area (Å²) in [6, 6.07) is 27.6. The Morgan fingerprint density at radius 2 is 1.58 bits per heavy atom. The van der Waals surface area contributed by atoms with E-state index in [0.717, 1.165) is 53.7 Å². The minimum Gasteiger partial charge on any atom is -0.512 e. The number of benzene rings is 3. The third-order valence-corrected chi connectivity index (χ3v) is 10.4. The maximum atomic E-state index is 11.7. The van der Waals surface area contributed by atoms with Crippen LogP contribution in [0.25, 0.3) is 53.2 Å². The van der Waals surface area contributed by atoms with Crippen molar-refractivity contribution in [1.29, 1.82) is 0 Å². The van der Waals surface area contributed by atoms with Crippen molar-refractivity contribution in [1.82, 2.24) is 4.98 Å². The van der Waals surface area contributed by atoms with E-state index >= 15 is 0 Å². The fourth-order valence-electron chi connectivity index (χ4n) is 6.51. The third-order valence-electron chi connectivity index (χ3n) is 9.24. The van der Waals surface area contributed by atoms with Gasteiger partial charge in [0.25, 0.3) is 0 Å². The zero-order chi connectivity index (χ0) is 33.7. The molecule has 6 rings (SSSR count). The van der Waals surface area contributed by atoms with Crippen LogP contribution in [0.1, 0.15) is 72.8 Å². The average molecular weight is 836 g/mol. The Labute approximate surface area is 303 Å². The van der Waals surface area contributed by atoms with Crippen LogP contribution in [0.2, 0.25) is 0 Å². The number of hydrogen-bond acceptors (Lipinski definition) is 4. The summed E-state index contributed by atoms with van der Waals surface area (Å²) in [5.41, 5.74) is 4.56. The molecule has 0 aliphatic rings. The molecule has 0 spiro atoms. The van der Waals surface area contributed by atoms with Crippen molar-refractivity contribution < 1.29 is 34.6 Å². The summed E-state index contributed by atoms with van der Waals surface area (Å²) in [6.45, 7) is 12.6. The number of allylic oxidation sites excluding steroid dienone is 2. The van der Waals surface area contributed by atoms with Gasteiger partial charge in [0.05, 0.1) is 5.76 Å². The van der Waals surface area contributed by atoms with Crippen molar-refractivity contribution in [2.45, 2.75) is 73.6 Å². The van der Waals surface area contributed by atoms with E-state index in [2.05, 4.69) is 97.2 Å². The molecule has 0 aliphatic heterocycles. The summed E-state index contributed by atoms with van der Waals surface area (Å²) in [5.74, 6) is 1.11. The number of aromatic nitrogens is 2. The van der Waals surface area contributed by atoms with Gasteiger partial charge in [-0.3, -0.25) is 4.79 Å². The number of fused-ring (bicyclic) bond motifs is 6. The largest absolute Gasteiger partial charge is 0.512 e. The second-order valence-corrected chi connectivity index (χ2v) is 13.8. The van der Waals surface area contributed by atoms with E-state index in [1.165, 1.54) is 43.3 Å². The normalized spacial score (nSPS) is 11.9. The first kappa shape index (κ1) is 37.3. The van der Waals surface area contributed by atoms with Gasteiger partial charge in [-0.1, -0.05) is 95.0 Å². The fraction of sp³-hybridized carbons (Fsp3) is 0.333. The van der Waals surface area contributed by atoms with Crippen LogP contribution in [-0.2, 0) is 31.3 Å². The van der Waals surface area contributed by atoms with Gasteiger partial charge in [-0.2, -0.15) is 11.3 Å². The molecule has 0 fully saturated rings. The van der Waals surface area contributed by atoms with Crippen LogP contribution in [0.5, 0.6) is 0 Å². The van der Waals surface area contributed by atoms with Gasteiger partial charge in [0.15, 0.2) is 5.78 Å². The van der Waals surface area contributed by atoms with Crippen molar-refractivity contribution in [2.75, 3.05) is 0 Å². The Morgan fingerprint density at radius 3 is 2.27 bits per heavy atom. The van der Waals surface area contributed by atoms with Gasteiger partial charge in [-0.05, 0) is 82.5 Å². The maximum absolute atomic E-state index is 11.7. The number of nitrogens with zero attached hydrogens (tertiary/aromatic N) is 2. The van der Waals surface area contributed by atoms with Crippen LogP contribution in [0, 0.1) is 30.9 Å². The number of carbonyl (C=O) groups is 1. The molecule has 3 heterocycles. The van der Waals surface area contributed by atoms with Gasteiger partial charge in [0, 0.05) is 51.3 Å². The molecule has 0 aliphatic carbocycles. The van der Waals surface area contributed by atoms with E-state index in [4.69, 9.17) is 0 Å². The Balaban J connectivity index is 0.000000279. The molecule has 6 aromatic rings. The summed E-state index contributed by atoms with van der Waals surface area (Å²) < 4.78 is 3.30. The van der Waals surface area contributed by atoms with Crippen LogP contribution < -0.4 is 4.57 Å². The third kappa shape index (κ3) is 7.83. The van der Waals surface area contributed by atoms with E-state index in [9.17, 15) is 9.90 Å². The number of carbonyl (C=O) groups excluding carboxylic acids is 1. The molecule has 3 aromatic carbocycles. The Kier molecular flexibility index (Phi) is 13.0. The topological polar surface area (TPSA) is 54.1 Å². The van der Waals surface area contributed by atoms with Crippen molar-refractivity contribution in [3.8, 4) is 11.3 Å². The molecular formula is C42H47IrN2O2S-. The predicted octanol–water partition coefficient (Wildman–Crippen LogP) is 11.2. The molecule has 0 saturated carbocycles. The first-order valence-electron chi connectivity index (χ1n) is 17.0. The molecule has 48 heavy (non-hydrogen) atoms. The smallest absolute Gasteiger partial charge is 0.162 e. The molecule has 3 aromatic heterocycles. The number of rotatable bonds is 10. The van der Waals surface area contributed by atoms with E-state index < -0.39 is 0 Å². The van der Waals surface area contributed by atoms with Gasteiger partial charge in [-0.15, -0.1) is 17.7 Å². The summed E-state index contributed by atoms with van der Waals surface area (Å²) in [6.07, 6.45) is 7.78. The van der Waals surface area contributed by atoms with Crippen molar-refractivity contribution in [3.63, 3.8) is 0 Å². The van der Waals surface area contributed by atoms with Crippen molar-refractivity contribution in [3.05, 3.63) is 103 Å². The first-order valence-corrected chi connectivity index (χ1v) is 17.9. The predicted molar refractivity (Wildman–Crippen MR) is 200 cm³/mol. The number of ketones is 1. The molecule has 6 heteroatoms. The van der Waals surface area contributed by atoms with Crippen molar-refractivity contribution in [2.24, 2.45) is 17.8 Å². The number of aliphatic hydroxyl groups excluding tert-OH is 1. The van der Waals surface area contributed by atoms with Gasteiger partial charge in [0.1, 0.15) is 16.0 Å². The van der Waals surface area contributed by atoms with Gasteiger partial charge >= 0.3 is 0 Å². The molecule has 0 amide bonds. The Bertz CT molecular complexity index is 2050. The zero-order valence-electron chi connectivity index (χ0n) is 29.0. The minimum atomic E-state index is 0. The Morgan fingerprint density at radius 1 is 0.896 bits per heavy atom. The van der Waals surface area contributed by atoms with Crippen LogP contribution in [-0.4, -0.2) is 15.9 Å². The van der Waals surface area contributed by atoms with E-state index in [1.807, 2.05) is 40.0 Å². The summed E-state index contributed by atoms with van der Waals surface area (Å²) >= 11 is 1.74. The van der Waals surface area contributed by atoms with Gasteiger partial charge in [0.2, 0.25) is 0 Å². The SMILES string of the molecule is CCC(CC)C(=O)/C=C(\O)C(CC)CC.[CH2-][n+]1c(-c2[c-]c(CC(C)C)cc3c2sc2ncccc23)ccc2c3ccccc3ccc21.[Ir]. The molecule has 1 N–H and O–H groups in total. The molecule has 1 radical (unpaired) electrons. The molecule has 4 nitrogen and oxygen atoms in total. The quantitative estimate of drug-likeness (QED) is 0.0492. The fourth-order valence-corrected chi connectivity index (χ4v) is 7.64. The summed E-state index contributed by atoms with van der Waals surface area (Å²) in [5, 5.41) is 16.0. The second kappa shape index (κ2) is 16.7. The van der Waals surface area contributed by atoms with Gasteiger partial charge < -0.3 is 9.67 Å². The molecule has 0 atom stereocenters. The first-order chi connectivity index (χ1) is 22.7. The van der Waals surface area contributed by atoms with Crippen LogP contribution in [0.4, 0.5) is 0 Å². The average Bonchev–Trinajstić information content (AvgIpc) is 3.44. The van der Waals surface area contributed by atoms with Gasteiger partial charge in [-0.25, -0.2) is 4.98 Å². The van der Waals surface area contributed by atoms with Crippen LogP contribution >= 0.6 is 11.3 Å². The van der Waals surface area contributed by atoms with E-state index in [0.29, 0.717) is 5.92 Å². The number of hydrogen-bond donors (Lipinski definition) is 1. The molecule has 0 saturated heterocycles. The molecule has 0 bridgehead atoms. The molecular weight excluding hydrogens is 789 g/mol. The summed E-state index contributed by atoms with van der Waals surface area (Å²) in [7, 11) is 4.47. The second-order valence-electron chi connectivity index (χ2n) is 12.8. The standard InChI is InChI=1S/C29H23N2S.C13H24O2.Ir/c1-18(2)15-19-16-24-23-9-6-14-30-29(23)32-28(24)25(17-19)27-13-11-22-21-8-5-4-7-20(21)10-12-26(22)31(27)3;1-5-10(6-2)12(14)9-13(15)11(7-3)8-4;/h4-14,16,18H,3,15H2,1-2H3;9-11,14H,5-8H2,1-4H3;/q-1;;/b;12-9-;.